The molecule has 0 aromatic rings. The van der Waals surface area contributed by atoms with Crippen LogP contribution in [0.15, 0.2) is 24.8 Å². The predicted molar refractivity (Wildman–Crippen MR) is 43.4 cm³/mol. The molecule has 0 nitrogen and oxygen atoms in total. The molecule has 0 saturated carbocycles. The van der Waals surface area contributed by atoms with Crippen molar-refractivity contribution in [3.63, 3.8) is 0 Å². The molecule has 0 aliphatic rings. The highest BCUT2D eigenvalue weighted by atomic mass is 13.9. The Balaban J connectivity index is 3.25. The third-order valence-electron chi connectivity index (χ3n) is 1.31. The van der Waals surface area contributed by atoms with Crippen molar-refractivity contribution in [3.8, 4) is 0 Å². The zero-order chi connectivity index (χ0) is 7.11. The summed E-state index contributed by atoms with van der Waals surface area (Å²) < 4.78 is 0. The van der Waals surface area contributed by atoms with Crippen molar-refractivity contribution in [2.24, 2.45) is 5.92 Å². The van der Waals surface area contributed by atoms with Gasteiger partial charge in [0.25, 0.3) is 0 Å². The highest BCUT2D eigenvalue weighted by Crippen LogP contribution is 2.02. The minimum absolute atomic E-state index is 0.632. The summed E-state index contributed by atoms with van der Waals surface area (Å²) >= 11 is 0. The Morgan fingerprint density at radius 1 is 1.44 bits per heavy atom. The quantitative estimate of drug-likeness (QED) is 0.505. The molecule has 0 spiro atoms. The second-order valence-corrected chi connectivity index (χ2v) is 2.33. The summed E-state index contributed by atoms with van der Waals surface area (Å²) in [6.45, 7) is 8.03. The molecule has 0 N–H and O–H groups in total. The molecule has 52 valence electrons. The van der Waals surface area contributed by atoms with E-state index in [0.29, 0.717) is 5.92 Å². The van der Waals surface area contributed by atoms with Crippen molar-refractivity contribution in [3.05, 3.63) is 24.8 Å². The van der Waals surface area contributed by atoms with Gasteiger partial charge in [0.15, 0.2) is 0 Å². The third kappa shape index (κ3) is 5.35. The lowest BCUT2D eigenvalue weighted by atomic mass is 10.1. The molecule has 0 amide bonds. The highest BCUT2D eigenvalue weighted by Gasteiger charge is 1.88. The van der Waals surface area contributed by atoms with Crippen molar-refractivity contribution in [1.82, 2.24) is 0 Å². The summed E-state index contributed by atoms with van der Waals surface area (Å²) in [7, 11) is 0. The lowest BCUT2D eigenvalue weighted by Crippen LogP contribution is -1.83. The van der Waals surface area contributed by atoms with Crippen molar-refractivity contribution < 1.29 is 0 Å². The van der Waals surface area contributed by atoms with Gasteiger partial charge < -0.3 is 0 Å². The van der Waals surface area contributed by atoms with Crippen LogP contribution < -0.4 is 0 Å². The maximum absolute atomic E-state index is 3.71. The van der Waals surface area contributed by atoms with Crippen LogP contribution in [-0.2, 0) is 0 Å². The molecular formula is C9H16. The smallest absolute Gasteiger partial charge is 0.0230 e. The number of rotatable bonds is 4. The van der Waals surface area contributed by atoms with Gasteiger partial charge in [0.05, 0.1) is 0 Å². The summed E-state index contributed by atoms with van der Waals surface area (Å²) in [5.74, 6) is 0.632. The van der Waals surface area contributed by atoms with Gasteiger partial charge in [0.1, 0.15) is 0 Å². The van der Waals surface area contributed by atoms with Gasteiger partial charge in [-0.2, -0.15) is 0 Å². The molecule has 9 heavy (non-hydrogen) atoms. The molecule has 0 aliphatic carbocycles. The molecule has 0 heterocycles. The van der Waals surface area contributed by atoms with Gasteiger partial charge in [-0.05, 0) is 18.8 Å². The molecule has 1 unspecified atom stereocenters. The van der Waals surface area contributed by atoms with Crippen LogP contribution in [0.2, 0.25) is 0 Å². The summed E-state index contributed by atoms with van der Waals surface area (Å²) in [6.07, 6.45) is 8.67. The lowest BCUT2D eigenvalue weighted by Gasteiger charge is -1.97. The van der Waals surface area contributed by atoms with Gasteiger partial charge in [-0.1, -0.05) is 32.1 Å². The standard InChI is InChI=1S/C9H16/c1-4-6-7-8-9(3)5-2/h5-7,9H,2,4,8H2,1,3H3. The molecule has 0 saturated heterocycles. The maximum Gasteiger partial charge on any atom is -0.0230 e. The fraction of sp³-hybridized carbons (Fsp3) is 0.556. The van der Waals surface area contributed by atoms with E-state index in [1.807, 2.05) is 6.08 Å². The van der Waals surface area contributed by atoms with Crippen molar-refractivity contribution in [2.45, 2.75) is 26.7 Å². The largest absolute Gasteiger partial charge is 0.103 e. The van der Waals surface area contributed by atoms with E-state index in [-0.39, 0.29) is 0 Å². The molecule has 0 aromatic carbocycles. The Hall–Kier alpha value is -0.520. The zero-order valence-corrected chi connectivity index (χ0v) is 6.43. The second-order valence-electron chi connectivity index (χ2n) is 2.33. The van der Waals surface area contributed by atoms with Crippen LogP contribution in [0, 0.1) is 5.92 Å². The number of allylic oxidation sites excluding steroid dienone is 3. The van der Waals surface area contributed by atoms with Crippen LogP contribution >= 0.6 is 0 Å². The van der Waals surface area contributed by atoms with E-state index in [0.717, 1.165) is 12.8 Å². The van der Waals surface area contributed by atoms with Gasteiger partial charge in [-0.15, -0.1) is 6.58 Å². The molecule has 0 heteroatoms. The Bertz CT molecular complexity index is 90.2. The topological polar surface area (TPSA) is 0 Å². The van der Waals surface area contributed by atoms with Crippen LogP contribution in [0.4, 0.5) is 0 Å². The molecule has 1 atom stereocenters. The van der Waals surface area contributed by atoms with Gasteiger partial charge in [0, 0.05) is 0 Å². The number of hydrogen-bond donors (Lipinski definition) is 0. The first kappa shape index (κ1) is 8.48. The van der Waals surface area contributed by atoms with E-state index in [1.165, 1.54) is 0 Å². The normalized spacial score (nSPS) is 14.0. The zero-order valence-electron chi connectivity index (χ0n) is 6.43. The Morgan fingerprint density at radius 3 is 2.56 bits per heavy atom. The SMILES string of the molecule is C=CC(C)CC=CCC. The highest BCUT2D eigenvalue weighted by molar-refractivity contribution is 4.87. The minimum Gasteiger partial charge on any atom is -0.103 e. The molecule has 0 aliphatic heterocycles. The maximum atomic E-state index is 3.71. The first-order valence-electron chi connectivity index (χ1n) is 3.58. The molecule has 0 aromatic heterocycles. The van der Waals surface area contributed by atoms with Gasteiger partial charge in [-0.25, -0.2) is 0 Å². The van der Waals surface area contributed by atoms with Crippen LogP contribution in [0.1, 0.15) is 26.7 Å². The van der Waals surface area contributed by atoms with E-state index in [1.54, 1.807) is 0 Å². The fourth-order valence-corrected chi connectivity index (χ4v) is 0.574. The summed E-state index contributed by atoms with van der Waals surface area (Å²) in [6, 6.07) is 0. The monoisotopic (exact) mass is 124 g/mol. The second kappa shape index (κ2) is 5.61. The average Bonchev–Trinajstić information content (AvgIpc) is 1.89. The molecular weight excluding hydrogens is 108 g/mol. The van der Waals surface area contributed by atoms with Gasteiger partial charge >= 0.3 is 0 Å². The van der Waals surface area contributed by atoms with Crippen molar-refractivity contribution in [1.29, 1.82) is 0 Å². The molecule has 0 radical (unpaired) electrons. The first-order chi connectivity index (χ1) is 4.31. The van der Waals surface area contributed by atoms with E-state index >= 15 is 0 Å². The molecule has 0 fully saturated rings. The summed E-state index contributed by atoms with van der Waals surface area (Å²) in [5, 5.41) is 0. The van der Waals surface area contributed by atoms with Crippen LogP contribution in [0.3, 0.4) is 0 Å². The van der Waals surface area contributed by atoms with E-state index in [2.05, 4.69) is 32.6 Å². The van der Waals surface area contributed by atoms with Crippen molar-refractivity contribution in [2.75, 3.05) is 0 Å². The fourth-order valence-electron chi connectivity index (χ4n) is 0.574. The number of hydrogen-bond acceptors (Lipinski definition) is 0. The Labute approximate surface area is 58.3 Å². The molecule has 0 rings (SSSR count). The van der Waals surface area contributed by atoms with Crippen LogP contribution in [0.25, 0.3) is 0 Å². The van der Waals surface area contributed by atoms with E-state index in [4.69, 9.17) is 0 Å². The van der Waals surface area contributed by atoms with E-state index < -0.39 is 0 Å². The summed E-state index contributed by atoms with van der Waals surface area (Å²) in [5.41, 5.74) is 0. The third-order valence-corrected chi connectivity index (χ3v) is 1.31. The van der Waals surface area contributed by atoms with Gasteiger partial charge in [-0.3, -0.25) is 0 Å². The van der Waals surface area contributed by atoms with Crippen molar-refractivity contribution >= 4 is 0 Å². The first-order valence-corrected chi connectivity index (χ1v) is 3.58. The predicted octanol–water partition coefficient (Wildman–Crippen LogP) is 3.16. The average molecular weight is 124 g/mol. The van der Waals surface area contributed by atoms with E-state index in [9.17, 15) is 0 Å². The van der Waals surface area contributed by atoms with Crippen LogP contribution in [-0.4, -0.2) is 0 Å². The Morgan fingerprint density at radius 2 is 2.11 bits per heavy atom. The Kier molecular flexibility index (Phi) is 5.29. The molecule has 0 bridgehead atoms. The van der Waals surface area contributed by atoms with Gasteiger partial charge in [0.2, 0.25) is 0 Å². The minimum atomic E-state index is 0.632. The van der Waals surface area contributed by atoms with Crippen LogP contribution in [0.5, 0.6) is 0 Å². The summed E-state index contributed by atoms with van der Waals surface area (Å²) in [4.78, 5) is 0. The lowest BCUT2D eigenvalue weighted by molar-refractivity contribution is 0.745.